The number of halogens is 2. The van der Waals surface area contributed by atoms with Gasteiger partial charge in [-0.05, 0) is 43.3 Å². The molecule has 0 aliphatic rings. The molecular formula is C16H16Br2O3. The van der Waals surface area contributed by atoms with E-state index in [1.807, 2.05) is 36.4 Å². The van der Waals surface area contributed by atoms with Crippen LogP contribution in [0.3, 0.4) is 0 Å². The lowest BCUT2D eigenvalue weighted by Gasteiger charge is -2.15. The average molecular weight is 416 g/mol. The molecule has 0 aromatic heterocycles. The topological polar surface area (TPSA) is 38.7 Å². The highest BCUT2D eigenvalue weighted by Crippen LogP contribution is 2.30. The first-order valence-corrected chi connectivity index (χ1v) is 8.02. The Bertz CT molecular complexity index is 627. The Balaban J connectivity index is 2.22. The van der Waals surface area contributed by atoms with Crippen LogP contribution >= 0.6 is 31.9 Å². The van der Waals surface area contributed by atoms with Gasteiger partial charge in [0.05, 0.1) is 13.2 Å². The van der Waals surface area contributed by atoms with Gasteiger partial charge in [-0.3, -0.25) is 0 Å². The molecule has 5 heteroatoms. The third kappa shape index (κ3) is 4.22. The maximum absolute atomic E-state index is 9.84. The van der Waals surface area contributed by atoms with E-state index >= 15 is 0 Å². The fraction of sp³-hybridized carbons (Fsp3) is 0.250. The van der Waals surface area contributed by atoms with Gasteiger partial charge in [0, 0.05) is 20.1 Å². The number of hydrogen-bond acceptors (Lipinski definition) is 3. The lowest BCUT2D eigenvalue weighted by Crippen LogP contribution is -2.02. The molecule has 21 heavy (non-hydrogen) atoms. The quantitative estimate of drug-likeness (QED) is 0.758. The molecule has 0 heterocycles. The van der Waals surface area contributed by atoms with Gasteiger partial charge < -0.3 is 14.6 Å². The van der Waals surface area contributed by atoms with E-state index in [1.54, 1.807) is 14.0 Å². The lowest BCUT2D eigenvalue weighted by molar-refractivity contribution is 0.189. The van der Waals surface area contributed by atoms with Gasteiger partial charge in [0.25, 0.3) is 0 Å². The molecule has 0 aliphatic heterocycles. The van der Waals surface area contributed by atoms with Crippen molar-refractivity contribution >= 4 is 31.9 Å². The van der Waals surface area contributed by atoms with Crippen molar-refractivity contribution in [3.8, 4) is 11.5 Å². The summed E-state index contributed by atoms with van der Waals surface area (Å²) < 4.78 is 13.1. The minimum atomic E-state index is -0.595. The van der Waals surface area contributed by atoms with Gasteiger partial charge in [0.1, 0.15) is 18.1 Å². The zero-order chi connectivity index (χ0) is 15.4. The predicted octanol–water partition coefficient (Wildman–Crippen LogP) is 4.85. The molecule has 0 aliphatic carbocycles. The van der Waals surface area contributed by atoms with Crippen molar-refractivity contribution in [1.29, 1.82) is 0 Å². The van der Waals surface area contributed by atoms with Crippen molar-refractivity contribution in [2.75, 3.05) is 7.11 Å². The third-order valence-electron chi connectivity index (χ3n) is 3.05. The number of benzene rings is 2. The lowest BCUT2D eigenvalue weighted by atomic mass is 10.1. The van der Waals surface area contributed by atoms with Gasteiger partial charge in [0.15, 0.2) is 0 Å². The van der Waals surface area contributed by atoms with Crippen LogP contribution < -0.4 is 9.47 Å². The van der Waals surface area contributed by atoms with E-state index in [0.29, 0.717) is 12.4 Å². The van der Waals surface area contributed by atoms with E-state index in [4.69, 9.17) is 9.47 Å². The van der Waals surface area contributed by atoms with E-state index in [1.165, 1.54) is 0 Å². The molecule has 2 aromatic rings. The summed E-state index contributed by atoms with van der Waals surface area (Å²) in [5.41, 5.74) is 1.68. The summed E-state index contributed by atoms with van der Waals surface area (Å²) >= 11 is 6.84. The first-order valence-electron chi connectivity index (χ1n) is 6.44. The molecule has 1 atom stereocenters. The highest BCUT2D eigenvalue weighted by atomic mass is 79.9. The van der Waals surface area contributed by atoms with Crippen molar-refractivity contribution in [2.24, 2.45) is 0 Å². The molecular weight excluding hydrogens is 400 g/mol. The molecule has 0 fully saturated rings. The largest absolute Gasteiger partial charge is 0.496 e. The van der Waals surface area contributed by atoms with Crippen LogP contribution in [-0.4, -0.2) is 12.2 Å². The summed E-state index contributed by atoms with van der Waals surface area (Å²) in [6.45, 7) is 2.08. The van der Waals surface area contributed by atoms with Gasteiger partial charge in [-0.25, -0.2) is 0 Å². The Morgan fingerprint density at radius 3 is 2.29 bits per heavy atom. The van der Waals surface area contributed by atoms with Crippen LogP contribution in [0, 0.1) is 0 Å². The van der Waals surface area contributed by atoms with Crippen LogP contribution in [0.4, 0.5) is 0 Å². The molecule has 2 aromatic carbocycles. The van der Waals surface area contributed by atoms with E-state index < -0.39 is 6.10 Å². The number of methoxy groups -OCH3 is 1. The molecule has 2 rings (SSSR count). The van der Waals surface area contributed by atoms with Crippen molar-refractivity contribution in [3.05, 3.63) is 56.5 Å². The van der Waals surface area contributed by atoms with Crippen LogP contribution in [0.25, 0.3) is 0 Å². The van der Waals surface area contributed by atoms with Crippen molar-refractivity contribution in [1.82, 2.24) is 0 Å². The maximum atomic E-state index is 9.84. The van der Waals surface area contributed by atoms with Gasteiger partial charge in [-0.15, -0.1) is 0 Å². The summed E-state index contributed by atoms with van der Waals surface area (Å²) in [4.78, 5) is 0. The third-order valence-corrected chi connectivity index (χ3v) is 4.03. The Morgan fingerprint density at radius 2 is 1.67 bits per heavy atom. The Hall–Kier alpha value is -1.04. The second-order valence-electron chi connectivity index (χ2n) is 4.60. The molecule has 1 N–H and O–H groups in total. The molecule has 0 radical (unpaired) electrons. The van der Waals surface area contributed by atoms with Crippen molar-refractivity contribution < 1.29 is 14.6 Å². The summed E-state index contributed by atoms with van der Waals surface area (Å²) in [6, 6.07) is 11.4. The molecule has 3 nitrogen and oxygen atoms in total. The zero-order valence-corrected chi connectivity index (χ0v) is 14.9. The van der Waals surface area contributed by atoms with Crippen LogP contribution in [0.15, 0.2) is 45.3 Å². The Kier molecular flexibility index (Phi) is 5.67. The molecule has 0 saturated carbocycles. The Morgan fingerprint density at radius 1 is 1.05 bits per heavy atom. The smallest absolute Gasteiger partial charge is 0.125 e. The zero-order valence-electron chi connectivity index (χ0n) is 11.8. The predicted molar refractivity (Wildman–Crippen MR) is 89.8 cm³/mol. The van der Waals surface area contributed by atoms with Gasteiger partial charge >= 0.3 is 0 Å². The Labute approximate surface area is 141 Å². The van der Waals surface area contributed by atoms with Crippen LogP contribution in [0.2, 0.25) is 0 Å². The summed E-state index contributed by atoms with van der Waals surface area (Å²) in [5, 5.41) is 9.84. The summed E-state index contributed by atoms with van der Waals surface area (Å²) in [5.74, 6) is 1.43. The van der Waals surface area contributed by atoms with Gasteiger partial charge in [-0.2, -0.15) is 0 Å². The van der Waals surface area contributed by atoms with E-state index in [-0.39, 0.29) is 0 Å². The van der Waals surface area contributed by atoms with Crippen LogP contribution in [0.5, 0.6) is 11.5 Å². The highest BCUT2D eigenvalue weighted by Gasteiger charge is 2.11. The fourth-order valence-corrected chi connectivity index (χ4v) is 2.78. The molecule has 0 amide bonds. The molecule has 112 valence electrons. The first-order chi connectivity index (χ1) is 10.0. The molecule has 0 unspecified atom stereocenters. The minimum absolute atomic E-state index is 0.365. The number of aliphatic hydroxyl groups is 1. The van der Waals surface area contributed by atoms with E-state index in [0.717, 1.165) is 25.8 Å². The highest BCUT2D eigenvalue weighted by molar-refractivity contribution is 9.10. The van der Waals surface area contributed by atoms with Gasteiger partial charge in [0.2, 0.25) is 0 Å². The fourth-order valence-electron chi connectivity index (χ4n) is 1.99. The molecule has 0 spiro atoms. The minimum Gasteiger partial charge on any atom is -0.496 e. The summed E-state index contributed by atoms with van der Waals surface area (Å²) in [7, 11) is 1.63. The SMILES string of the molecule is COc1ccc(Br)cc1COc1ccc(Br)cc1[C@H](C)O. The standard InChI is InChI=1S/C16H16Br2O3/c1-10(19)14-8-13(18)4-6-16(14)21-9-11-7-12(17)3-5-15(11)20-2/h3-8,10,19H,9H2,1-2H3/t10-/m0/s1. The van der Waals surface area contributed by atoms with Crippen molar-refractivity contribution in [3.63, 3.8) is 0 Å². The summed E-state index contributed by atoms with van der Waals surface area (Å²) in [6.07, 6.45) is -0.595. The van der Waals surface area contributed by atoms with Crippen molar-refractivity contribution in [2.45, 2.75) is 19.6 Å². The monoisotopic (exact) mass is 414 g/mol. The maximum Gasteiger partial charge on any atom is 0.125 e. The average Bonchev–Trinajstić information content (AvgIpc) is 2.46. The molecule has 0 saturated heterocycles. The number of rotatable bonds is 5. The van der Waals surface area contributed by atoms with Gasteiger partial charge in [-0.1, -0.05) is 31.9 Å². The normalized spacial score (nSPS) is 12.0. The van der Waals surface area contributed by atoms with E-state index in [2.05, 4.69) is 31.9 Å². The number of ether oxygens (including phenoxy) is 2. The second kappa shape index (κ2) is 7.29. The van der Waals surface area contributed by atoms with Crippen LogP contribution in [0.1, 0.15) is 24.2 Å². The van der Waals surface area contributed by atoms with Crippen LogP contribution in [-0.2, 0) is 6.61 Å². The number of aliphatic hydroxyl groups excluding tert-OH is 1. The number of hydrogen-bond donors (Lipinski definition) is 1. The first kappa shape index (κ1) is 16.3. The second-order valence-corrected chi connectivity index (χ2v) is 6.43. The van der Waals surface area contributed by atoms with E-state index in [9.17, 15) is 5.11 Å². The molecule has 0 bridgehead atoms.